The lowest BCUT2D eigenvalue weighted by molar-refractivity contribution is 0.414. The van der Waals surface area contributed by atoms with Gasteiger partial charge < -0.3 is 4.74 Å². The second-order valence-electron chi connectivity index (χ2n) is 3.47. The van der Waals surface area contributed by atoms with E-state index < -0.39 is 0 Å². The van der Waals surface area contributed by atoms with Gasteiger partial charge in [-0.15, -0.1) is 0 Å². The van der Waals surface area contributed by atoms with Gasteiger partial charge >= 0.3 is 0 Å². The molecule has 2 rings (SSSR count). The van der Waals surface area contributed by atoms with E-state index in [9.17, 15) is 0 Å². The van der Waals surface area contributed by atoms with Gasteiger partial charge in [0.2, 0.25) is 0 Å². The smallest absolute Gasteiger partial charge is 0.119 e. The molecule has 0 atom stereocenters. The van der Waals surface area contributed by atoms with E-state index in [1.54, 1.807) is 7.11 Å². The van der Waals surface area contributed by atoms with Crippen molar-refractivity contribution < 1.29 is 4.74 Å². The molecule has 0 N–H and O–H groups in total. The second kappa shape index (κ2) is 3.25. The van der Waals surface area contributed by atoms with Crippen LogP contribution in [0.4, 0.5) is 0 Å². The van der Waals surface area contributed by atoms with Crippen molar-refractivity contribution in [1.29, 1.82) is 0 Å². The zero-order chi connectivity index (χ0) is 9.26. The highest BCUT2D eigenvalue weighted by Crippen LogP contribution is 2.42. The van der Waals surface area contributed by atoms with Crippen LogP contribution in [0.5, 0.6) is 5.75 Å². The molecule has 0 heterocycles. The minimum Gasteiger partial charge on any atom is -0.497 e. The summed E-state index contributed by atoms with van der Waals surface area (Å²) < 4.78 is 5.16. The highest BCUT2D eigenvalue weighted by Gasteiger charge is 2.25. The van der Waals surface area contributed by atoms with Crippen LogP contribution in [0.15, 0.2) is 24.8 Å². The molecule has 1 aromatic carbocycles. The molecule has 1 aliphatic rings. The van der Waals surface area contributed by atoms with Gasteiger partial charge in [0.1, 0.15) is 5.75 Å². The van der Waals surface area contributed by atoms with Crippen LogP contribution >= 0.6 is 0 Å². The number of hydrogen-bond acceptors (Lipinski definition) is 1. The Hall–Kier alpha value is -1.24. The zero-order valence-corrected chi connectivity index (χ0v) is 7.92. The fraction of sp³-hybridized carbons (Fsp3) is 0.333. The summed E-state index contributed by atoms with van der Waals surface area (Å²) in [5.74, 6) is 1.69. The van der Waals surface area contributed by atoms with Crippen LogP contribution in [-0.4, -0.2) is 7.11 Å². The minimum absolute atomic E-state index is 0.777. The SMILES string of the molecule is C=Cc1cc(OC)ccc1C1CC1. The van der Waals surface area contributed by atoms with Crippen LogP contribution in [0.2, 0.25) is 0 Å². The maximum atomic E-state index is 5.16. The van der Waals surface area contributed by atoms with Crippen LogP contribution in [0.3, 0.4) is 0 Å². The number of rotatable bonds is 3. The first-order valence-corrected chi connectivity index (χ1v) is 4.65. The maximum absolute atomic E-state index is 5.16. The van der Waals surface area contributed by atoms with Crippen LogP contribution in [-0.2, 0) is 0 Å². The summed E-state index contributed by atoms with van der Waals surface area (Å²) in [5, 5.41) is 0. The van der Waals surface area contributed by atoms with Crippen LogP contribution < -0.4 is 4.74 Å². The Morgan fingerprint density at radius 2 is 2.23 bits per heavy atom. The van der Waals surface area contributed by atoms with Crippen LogP contribution in [0.1, 0.15) is 29.9 Å². The molecule has 1 saturated carbocycles. The van der Waals surface area contributed by atoms with Gasteiger partial charge in [-0.25, -0.2) is 0 Å². The van der Waals surface area contributed by atoms with E-state index in [1.807, 2.05) is 12.1 Å². The summed E-state index contributed by atoms with van der Waals surface area (Å²) in [6.07, 6.45) is 4.57. The lowest BCUT2D eigenvalue weighted by atomic mass is 10.0. The van der Waals surface area contributed by atoms with E-state index in [4.69, 9.17) is 4.74 Å². The van der Waals surface area contributed by atoms with E-state index in [-0.39, 0.29) is 0 Å². The first-order chi connectivity index (χ1) is 6.35. The van der Waals surface area contributed by atoms with E-state index in [1.165, 1.54) is 24.0 Å². The van der Waals surface area contributed by atoms with Crippen molar-refractivity contribution in [1.82, 2.24) is 0 Å². The van der Waals surface area contributed by atoms with Crippen LogP contribution in [0, 0.1) is 0 Å². The van der Waals surface area contributed by atoms with Crippen molar-refractivity contribution in [2.75, 3.05) is 7.11 Å². The Bertz CT molecular complexity index is 324. The van der Waals surface area contributed by atoms with Gasteiger partial charge in [0.25, 0.3) is 0 Å². The minimum atomic E-state index is 0.777. The second-order valence-corrected chi connectivity index (χ2v) is 3.47. The Kier molecular flexibility index (Phi) is 2.09. The lowest BCUT2D eigenvalue weighted by Crippen LogP contribution is -1.88. The molecule has 0 aliphatic heterocycles. The molecule has 0 aromatic heterocycles. The van der Waals surface area contributed by atoms with Gasteiger partial charge in [-0.3, -0.25) is 0 Å². The summed E-state index contributed by atoms with van der Waals surface area (Å²) in [4.78, 5) is 0. The van der Waals surface area contributed by atoms with E-state index >= 15 is 0 Å². The van der Waals surface area contributed by atoms with Crippen molar-refractivity contribution in [2.45, 2.75) is 18.8 Å². The Balaban J connectivity index is 2.39. The van der Waals surface area contributed by atoms with Crippen molar-refractivity contribution >= 4 is 6.08 Å². The topological polar surface area (TPSA) is 9.23 Å². The normalized spacial score (nSPS) is 15.5. The maximum Gasteiger partial charge on any atom is 0.119 e. The van der Waals surface area contributed by atoms with E-state index in [2.05, 4.69) is 18.7 Å². The van der Waals surface area contributed by atoms with Crippen molar-refractivity contribution in [3.05, 3.63) is 35.9 Å². The molecule has 0 spiro atoms. The lowest BCUT2D eigenvalue weighted by Gasteiger charge is -2.06. The molecule has 1 aliphatic carbocycles. The highest BCUT2D eigenvalue weighted by atomic mass is 16.5. The molecule has 0 radical (unpaired) electrons. The fourth-order valence-corrected chi connectivity index (χ4v) is 1.62. The first kappa shape index (κ1) is 8.36. The molecular weight excluding hydrogens is 160 g/mol. The van der Waals surface area contributed by atoms with Gasteiger partial charge in [0.15, 0.2) is 0 Å². The van der Waals surface area contributed by atoms with Gasteiger partial charge in [-0.2, -0.15) is 0 Å². The summed E-state index contributed by atoms with van der Waals surface area (Å²) in [5.41, 5.74) is 2.65. The quantitative estimate of drug-likeness (QED) is 0.683. The molecule has 0 amide bonds. The molecule has 0 bridgehead atoms. The number of ether oxygens (including phenoxy) is 1. The third-order valence-corrected chi connectivity index (χ3v) is 2.53. The predicted octanol–water partition coefficient (Wildman–Crippen LogP) is 3.22. The van der Waals surface area contributed by atoms with Crippen molar-refractivity contribution in [3.8, 4) is 5.75 Å². The van der Waals surface area contributed by atoms with E-state index in [0.29, 0.717) is 0 Å². The molecule has 68 valence electrons. The van der Waals surface area contributed by atoms with Crippen molar-refractivity contribution in [3.63, 3.8) is 0 Å². The summed E-state index contributed by atoms with van der Waals surface area (Å²) in [6.45, 7) is 3.82. The molecule has 13 heavy (non-hydrogen) atoms. The Morgan fingerprint density at radius 3 is 2.77 bits per heavy atom. The van der Waals surface area contributed by atoms with Gasteiger partial charge in [0.05, 0.1) is 7.11 Å². The van der Waals surface area contributed by atoms with Crippen LogP contribution in [0.25, 0.3) is 6.08 Å². The molecule has 1 fully saturated rings. The third kappa shape index (κ3) is 1.59. The average Bonchev–Trinajstić information content (AvgIpc) is 3.00. The summed E-state index contributed by atoms with van der Waals surface area (Å²) in [6, 6.07) is 6.24. The van der Waals surface area contributed by atoms with Gasteiger partial charge in [-0.05, 0) is 42.0 Å². The fourth-order valence-electron chi connectivity index (χ4n) is 1.62. The largest absolute Gasteiger partial charge is 0.497 e. The molecule has 1 heteroatoms. The molecule has 0 unspecified atom stereocenters. The first-order valence-electron chi connectivity index (χ1n) is 4.65. The molecule has 1 nitrogen and oxygen atoms in total. The predicted molar refractivity (Wildman–Crippen MR) is 55.1 cm³/mol. The van der Waals surface area contributed by atoms with E-state index in [0.717, 1.165) is 11.7 Å². The standard InChI is InChI=1S/C12H14O/c1-3-9-8-11(13-2)6-7-12(9)10-4-5-10/h3,6-8,10H,1,4-5H2,2H3. The monoisotopic (exact) mass is 174 g/mol. The van der Waals surface area contributed by atoms with Gasteiger partial charge in [0, 0.05) is 0 Å². The average molecular weight is 174 g/mol. The van der Waals surface area contributed by atoms with Crippen molar-refractivity contribution in [2.24, 2.45) is 0 Å². The number of hydrogen-bond donors (Lipinski definition) is 0. The van der Waals surface area contributed by atoms with Gasteiger partial charge in [-0.1, -0.05) is 18.7 Å². The Labute approximate surface area is 79.0 Å². The molecular formula is C12H14O. The highest BCUT2D eigenvalue weighted by molar-refractivity contribution is 5.56. The summed E-state index contributed by atoms with van der Waals surface area (Å²) in [7, 11) is 1.69. The third-order valence-electron chi connectivity index (χ3n) is 2.53. The molecule has 1 aromatic rings. The molecule has 0 saturated heterocycles. The zero-order valence-electron chi connectivity index (χ0n) is 7.92. The number of benzene rings is 1. The summed E-state index contributed by atoms with van der Waals surface area (Å²) >= 11 is 0. The number of methoxy groups -OCH3 is 1. The Morgan fingerprint density at radius 1 is 1.46 bits per heavy atom.